The van der Waals surface area contributed by atoms with Gasteiger partial charge >= 0.3 is 0 Å². The van der Waals surface area contributed by atoms with E-state index in [1.165, 1.54) is 0 Å². The zero-order valence-electron chi connectivity index (χ0n) is 12.4. The lowest BCUT2D eigenvalue weighted by Gasteiger charge is -2.38. The van der Waals surface area contributed by atoms with Crippen LogP contribution in [0.3, 0.4) is 0 Å². The first-order chi connectivity index (χ1) is 9.72. The quantitative estimate of drug-likeness (QED) is 0.848. The van der Waals surface area contributed by atoms with Gasteiger partial charge in [-0.25, -0.2) is 0 Å². The average molecular weight is 280 g/mol. The molecule has 0 saturated carbocycles. The van der Waals surface area contributed by atoms with Crippen molar-refractivity contribution in [1.29, 1.82) is 0 Å². The highest BCUT2D eigenvalue weighted by molar-refractivity contribution is 5.61. The van der Waals surface area contributed by atoms with Gasteiger partial charge in [0.05, 0.1) is 33.0 Å². The molecule has 2 N–H and O–H groups in total. The van der Waals surface area contributed by atoms with Crippen molar-refractivity contribution in [2.75, 3.05) is 45.4 Å². The second kappa shape index (κ2) is 6.92. The number of hydrogen-bond acceptors (Lipinski definition) is 5. The predicted molar refractivity (Wildman–Crippen MR) is 79.5 cm³/mol. The maximum absolute atomic E-state index is 9.57. The molecule has 1 fully saturated rings. The minimum atomic E-state index is -0.00124. The summed E-state index contributed by atoms with van der Waals surface area (Å²) in [6.07, 6.45) is 0. The Hall–Kier alpha value is -1.30. The monoisotopic (exact) mass is 280 g/mol. The second-order valence-corrected chi connectivity index (χ2v) is 5.01. The summed E-state index contributed by atoms with van der Waals surface area (Å²) in [4.78, 5) is 2.22. The van der Waals surface area contributed by atoms with Crippen LogP contribution in [0.4, 0.5) is 5.69 Å². The van der Waals surface area contributed by atoms with Crippen molar-refractivity contribution in [3.63, 3.8) is 0 Å². The van der Waals surface area contributed by atoms with Crippen molar-refractivity contribution >= 4 is 5.69 Å². The van der Waals surface area contributed by atoms with Crippen LogP contribution in [-0.4, -0.2) is 51.7 Å². The molecule has 0 spiro atoms. The number of ether oxygens (including phenoxy) is 2. The number of methoxy groups -OCH3 is 1. The van der Waals surface area contributed by atoms with Crippen molar-refractivity contribution in [1.82, 2.24) is 5.32 Å². The summed E-state index contributed by atoms with van der Waals surface area (Å²) in [5, 5.41) is 12.8. The van der Waals surface area contributed by atoms with E-state index in [9.17, 15) is 5.11 Å². The maximum atomic E-state index is 9.57. The highest BCUT2D eigenvalue weighted by Crippen LogP contribution is 2.35. The lowest BCUT2D eigenvalue weighted by Crippen LogP contribution is -2.48. The van der Waals surface area contributed by atoms with E-state index in [0.717, 1.165) is 23.5 Å². The molecule has 0 radical (unpaired) electrons. The third-order valence-electron chi connectivity index (χ3n) is 3.88. The summed E-state index contributed by atoms with van der Waals surface area (Å²) < 4.78 is 11.0. The third kappa shape index (κ3) is 2.90. The van der Waals surface area contributed by atoms with Crippen molar-refractivity contribution < 1.29 is 14.6 Å². The molecule has 1 aliphatic heterocycles. The number of rotatable bonds is 5. The summed E-state index contributed by atoms with van der Waals surface area (Å²) in [7, 11) is 3.62. The van der Waals surface area contributed by atoms with E-state index in [1.807, 2.05) is 19.2 Å². The molecule has 5 nitrogen and oxygen atoms in total. The van der Waals surface area contributed by atoms with Crippen molar-refractivity contribution in [2.24, 2.45) is 0 Å². The minimum Gasteiger partial charge on any atom is -0.496 e. The average Bonchev–Trinajstić information content (AvgIpc) is 2.53. The number of aliphatic hydroxyl groups excluding tert-OH is 1. The number of aliphatic hydroxyl groups is 1. The van der Waals surface area contributed by atoms with Crippen LogP contribution in [0.15, 0.2) is 18.2 Å². The molecule has 0 bridgehead atoms. The zero-order chi connectivity index (χ0) is 14.5. The van der Waals surface area contributed by atoms with Crippen LogP contribution in [0.1, 0.15) is 18.5 Å². The summed E-state index contributed by atoms with van der Waals surface area (Å²) in [5.41, 5.74) is 2.23. The standard InChI is InChI=1S/C15H24N2O3/c1-11(16-2)15-13(5-4-6-14(15)19-3)17-7-8-20-10-12(17)9-18/h4-6,11-12,16,18H,7-10H2,1-3H3. The van der Waals surface area contributed by atoms with Crippen LogP contribution >= 0.6 is 0 Å². The van der Waals surface area contributed by atoms with E-state index in [2.05, 4.69) is 23.2 Å². The molecular weight excluding hydrogens is 256 g/mol. The van der Waals surface area contributed by atoms with Gasteiger partial charge in [-0.3, -0.25) is 0 Å². The van der Waals surface area contributed by atoms with Crippen LogP contribution in [0.5, 0.6) is 5.75 Å². The number of hydrogen-bond donors (Lipinski definition) is 2. The molecule has 1 aromatic carbocycles. The molecule has 0 aromatic heterocycles. The molecule has 1 heterocycles. The van der Waals surface area contributed by atoms with Crippen LogP contribution < -0.4 is 15.0 Å². The fraction of sp³-hybridized carbons (Fsp3) is 0.600. The molecule has 5 heteroatoms. The van der Waals surface area contributed by atoms with Gasteiger partial charge in [0.25, 0.3) is 0 Å². The zero-order valence-corrected chi connectivity index (χ0v) is 12.4. The summed E-state index contributed by atoms with van der Waals surface area (Å²) in [5.74, 6) is 0.868. The van der Waals surface area contributed by atoms with Gasteiger partial charge in [-0.15, -0.1) is 0 Å². The van der Waals surface area contributed by atoms with Gasteiger partial charge < -0.3 is 24.8 Å². The lowest BCUT2D eigenvalue weighted by molar-refractivity contribution is 0.0725. The maximum Gasteiger partial charge on any atom is 0.125 e. The molecule has 20 heavy (non-hydrogen) atoms. The highest BCUT2D eigenvalue weighted by atomic mass is 16.5. The SMILES string of the molecule is CNC(C)c1c(OC)cccc1N1CCOCC1CO. The smallest absolute Gasteiger partial charge is 0.125 e. The summed E-state index contributed by atoms with van der Waals surface area (Å²) in [6.45, 7) is 4.21. The highest BCUT2D eigenvalue weighted by Gasteiger charge is 2.27. The van der Waals surface area contributed by atoms with Crippen molar-refractivity contribution in [2.45, 2.75) is 19.0 Å². The Labute approximate surface area is 120 Å². The van der Waals surface area contributed by atoms with Gasteiger partial charge in [0.1, 0.15) is 5.75 Å². The van der Waals surface area contributed by atoms with E-state index in [1.54, 1.807) is 7.11 Å². The Kier molecular flexibility index (Phi) is 5.23. The van der Waals surface area contributed by atoms with Gasteiger partial charge in [-0.1, -0.05) is 6.07 Å². The Balaban J connectivity index is 2.43. The molecule has 112 valence electrons. The molecule has 0 aliphatic carbocycles. The van der Waals surface area contributed by atoms with Crippen LogP contribution in [0.25, 0.3) is 0 Å². The van der Waals surface area contributed by atoms with Gasteiger partial charge in [-0.2, -0.15) is 0 Å². The van der Waals surface area contributed by atoms with Crippen LogP contribution in [0.2, 0.25) is 0 Å². The summed E-state index contributed by atoms with van der Waals surface area (Å²) >= 11 is 0. The third-order valence-corrected chi connectivity index (χ3v) is 3.88. The molecule has 1 aromatic rings. The molecule has 2 unspecified atom stereocenters. The van der Waals surface area contributed by atoms with Gasteiger partial charge in [0.2, 0.25) is 0 Å². The molecule has 0 amide bonds. The first-order valence-corrected chi connectivity index (χ1v) is 7.02. The minimum absolute atomic E-state index is 0.00124. The largest absolute Gasteiger partial charge is 0.496 e. The first kappa shape index (κ1) is 15.1. The van der Waals surface area contributed by atoms with Gasteiger partial charge in [0, 0.05) is 23.8 Å². The van der Waals surface area contributed by atoms with E-state index >= 15 is 0 Å². The van der Waals surface area contributed by atoms with E-state index in [-0.39, 0.29) is 18.7 Å². The summed E-state index contributed by atoms with van der Waals surface area (Å²) in [6, 6.07) is 6.21. The Morgan fingerprint density at radius 3 is 3.00 bits per heavy atom. The van der Waals surface area contributed by atoms with Gasteiger partial charge in [-0.05, 0) is 26.1 Å². The number of anilines is 1. The lowest BCUT2D eigenvalue weighted by atomic mass is 10.0. The normalized spacial score (nSPS) is 20.8. The van der Waals surface area contributed by atoms with E-state index < -0.39 is 0 Å². The molecular formula is C15H24N2O3. The Morgan fingerprint density at radius 1 is 1.55 bits per heavy atom. The number of nitrogens with one attached hydrogen (secondary N) is 1. The Bertz CT molecular complexity index is 439. The van der Waals surface area contributed by atoms with Crippen molar-refractivity contribution in [3.8, 4) is 5.75 Å². The van der Waals surface area contributed by atoms with E-state index in [0.29, 0.717) is 13.2 Å². The first-order valence-electron chi connectivity index (χ1n) is 7.02. The molecule has 1 aliphatic rings. The topological polar surface area (TPSA) is 54.0 Å². The number of benzene rings is 1. The van der Waals surface area contributed by atoms with Crippen LogP contribution in [-0.2, 0) is 4.74 Å². The Morgan fingerprint density at radius 2 is 2.35 bits per heavy atom. The molecule has 1 saturated heterocycles. The number of morpholine rings is 1. The van der Waals surface area contributed by atoms with Crippen molar-refractivity contribution in [3.05, 3.63) is 23.8 Å². The second-order valence-electron chi connectivity index (χ2n) is 5.01. The predicted octanol–water partition coefficient (Wildman–Crippen LogP) is 1.17. The fourth-order valence-corrected chi connectivity index (χ4v) is 2.66. The van der Waals surface area contributed by atoms with E-state index in [4.69, 9.17) is 9.47 Å². The van der Waals surface area contributed by atoms with Gasteiger partial charge in [0.15, 0.2) is 0 Å². The molecule has 2 rings (SSSR count). The van der Waals surface area contributed by atoms with Crippen LogP contribution in [0, 0.1) is 0 Å². The number of nitrogens with zero attached hydrogens (tertiary/aromatic N) is 1. The molecule has 2 atom stereocenters. The fourth-order valence-electron chi connectivity index (χ4n) is 2.66.